The largest absolute Gasteiger partial charge is 0.444 e. The minimum absolute atomic E-state index is 0.0406. The lowest BCUT2D eigenvalue weighted by Crippen LogP contribution is -2.47. The molecule has 12 nitrogen and oxygen atoms in total. The summed E-state index contributed by atoms with van der Waals surface area (Å²) in [6.45, 7) is 7.42. The fraction of sp³-hybridized carbons (Fsp3) is 0.300. The van der Waals surface area contributed by atoms with Gasteiger partial charge in [0.2, 0.25) is 11.8 Å². The number of hydrogen-bond acceptors (Lipinski definition) is 11. The molecule has 4 heterocycles. The van der Waals surface area contributed by atoms with Crippen LogP contribution < -0.4 is 5.32 Å². The first kappa shape index (κ1) is 31.0. The third-order valence-electron chi connectivity index (χ3n) is 6.29. The first-order valence-corrected chi connectivity index (χ1v) is 15.2. The molecule has 0 saturated heterocycles. The standard InChI is InChI=1S/C30H30BrN7O5S/c1-29(2,3)43-28(40)35-30(4,15-18-9-7-6-8-10-18)26-37-36-24(42-26)22-14-19(13-21(34-22)23-32-11-12-41-23)25(39)38(5)16-20-17-44-27(31)33-20/h6-14,17H,15-16H2,1-5H3,(H,35,40). The maximum atomic E-state index is 13.5. The summed E-state index contributed by atoms with van der Waals surface area (Å²) >= 11 is 4.80. The minimum Gasteiger partial charge on any atom is -0.444 e. The number of hydrogen-bond donors (Lipinski definition) is 1. The number of pyridine rings is 1. The maximum absolute atomic E-state index is 13.5. The summed E-state index contributed by atoms with van der Waals surface area (Å²) in [5.74, 6) is 0.0986. The number of thiazole rings is 1. The van der Waals surface area contributed by atoms with Crippen molar-refractivity contribution < 1.29 is 23.2 Å². The third kappa shape index (κ3) is 7.55. The van der Waals surface area contributed by atoms with Crippen LogP contribution in [0, 0.1) is 0 Å². The van der Waals surface area contributed by atoms with E-state index in [2.05, 4.69) is 46.4 Å². The number of carbonyl (C=O) groups is 2. The lowest BCUT2D eigenvalue weighted by Gasteiger charge is -2.29. The number of halogens is 1. The highest BCUT2D eigenvalue weighted by Gasteiger charge is 2.37. The molecule has 228 valence electrons. The summed E-state index contributed by atoms with van der Waals surface area (Å²) < 4.78 is 17.9. The van der Waals surface area contributed by atoms with E-state index in [0.29, 0.717) is 24.2 Å². The topological polar surface area (TPSA) is 149 Å². The van der Waals surface area contributed by atoms with Crippen LogP contribution >= 0.6 is 27.3 Å². The zero-order valence-corrected chi connectivity index (χ0v) is 27.1. The SMILES string of the molecule is CN(Cc1csc(Br)n1)C(=O)c1cc(-c2ncco2)nc(-c2nnc(C(C)(Cc3ccccc3)NC(=O)OC(C)(C)C)o2)c1. The van der Waals surface area contributed by atoms with E-state index in [4.69, 9.17) is 13.6 Å². The number of nitrogens with one attached hydrogen (secondary N) is 1. The maximum Gasteiger partial charge on any atom is 0.408 e. The molecule has 2 amide bonds. The monoisotopic (exact) mass is 679 g/mol. The van der Waals surface area contributed by atoms with Crippen LogP contribution in [0.2, 0.25) is 0 Å². The van der Waals surface area contributed by atoms with Crippen molar-refractivity contribution in [2.75, 3.05) is 7.05 Å². The Kier molecular flexibility index (Phi) is 8.92. The fourth-order valence-electron chi connectivity index (χ4n) is 4.37. The molecule has 0 aliphatic rings. The van der Waals surface area contributed by atoms with Crippen LogP contribution in [0.1, 0.15) is 55.2 Å². The van der Waals surface area contributed by atoms with Crippen molar-refractivity contribution >= 4 is 39.3 Å². The average molecular weight is 681 g/mol. The summed E-state index contributed by atoms with van der Waals surface area (Å²) in [7, 11) is 1.68. The number of amides is 2. The number of nitrogens with zero attached hydrogens (tertiary/aromatic N) is 6. The number of rotatable bonds is 9. The number of carbonyl (C=O) groups excluding carboxylic acids is 2. The molecular weight excluding hydrogens is 650 g/mol. The van der Waals surface area contributed by atoms with Crippen molar-refractivity contribution in [2.45, 2.75) is 51.8 Å². The zero-order valence-electron chi connectivity index (χ0n) is 24.7. The Morgan fingerprint density at radius 2 is 1.77 bits per heavy atom. The van der Waals surface area contributed by atoms with Crippen LogP contribution in [0.15, 0.2) is 73.1 Å². The predicted octanol–water partition coefficient (Wildman–Crippen LogP) is 6.26. The van der Waals surface area contributed by atoms with Crippen LogP contribution in [-0.4, -0.2) is 54.7 Å². The molecule has 44 heavy (non-hydrogen) atoms. The van der Waals surface area contributed by atoms with Crippen molar-refractivity contribution in [3.63, 3.8) is 0 Å². The van der Waals surface area contributed by atoms with Crippen molar-refractivity contribution in [3.05, 3.63) is 86.9 Å². The molecule has 0 saturated carbocycles. The third-order valence-corrected chi connectivity index (χ3v) is 7.70. The van der Waals surface area contributed by atoms with Gasteiger partial charge in [-0.1, -0.05) is 30.3 Å². The van der Waals surface area contributed by atoms with E-state index < -0.39 is 17.2 Å². The molecule has 4 aromatic heterocycles. The lowest BCUT2D eigenvalue weighted by molar-refractivity contribution is 0.0443. The van der Waals surface area contributed by atoms with Gasteiger partial charge in [0.25, 0.3) is 11.8 Å². The highest BCUT2D eigenvalue weighted by molar-refractivity contribution is 9.11. The molecule has 1 N–H and O–H groups in total. The Hall–Kier alpha value is -4.43. The van der Waals surface area contributed by atoms with Gasteiger partial charge in [-0.25, -0.2) is 19.7 Å². The van der Waals surface area contributed by atoms with Crippen LogP contribution in [0.3, 0.4) is 0 Å². The van der Waals surface area contributed by atoms with Crippen molar-refractivity contribution in [1.82, 2.24) is 35.4 Å². The van der Waals surface area contributed by atoms with Gasteiger partial charge < -0.3 is 23.8 Å². The Morgan fingerprint density at radius 1 is 1.05 bits per heavy atom. The molecule has 1 unspecified atom stereocenters. The van der Waals surface area contributed by atoms with Crippen LogP contribution in [-0.2, 0) is 23.2 Å². The molecule has 0 aliphatic carbocycles. The molecule has 0 radical (unpaired) electrons. The highest BCUT2D eigenvalue weighted by Crippen LogP contribution is 2.30. The number of oxazole rings is 1. The van der Waals surface area contributed by atoms with E-state index in [-0.39, 0.29) is 29.3 Å². The molecule has 0 spiro atoms. The van der Waals surface area contributed by atoms with E-state index in [1.165, 1.54) is 23.8 Å². The summed E-state index contributed by atoms with van der Waals surface area (Å²) in [6, 6.07) is 12.7. The molecule has 5 aromatic rings. The summed E-state index contributed by atoms with van der Waals surface area (Å²) in [4.78, 5) is 41.2. The zero-order chi connectivity index (χ0) is 31.5. The van der Waals surface area contributed by atoms with Gasteiger partial charge in [-0.2, -0.15) is 0 Å². The number of aromatic nitrogens is 5. The molecule has 1 atom stereocenters. The fourth-order valence-corrected chi connectivity index (χ4v) is 5.41. The van der Waals surface area contributed by atoms with Gasteiger partial charge >= 0.3 is 6.09 Å². The Bertz CT molecular complexity index is 1750. The predicted molar refractivity (Wildman–Crippen MR) is 166 cm³/mol. The molecule has 14 heteroatoms. The molecular formula is C30H30BrN7O5S. The minimum atomic E-state index is -1.14. The van der Waals surface area contributed by atoms with Gasteiger partial charge in [0, 0.05) is 24.4 Å². The van der Waals surface area contributed by atoms with Gasteiger partial charge in [-0.05, 0) is 61.3 Å². The van der Waals surface area contributed by atoms with Gasteiger partial charge in [0.05, 0.1) is 18.4 Å². The van der Waals surface area contributed by atoms with Crippen LogP contribution in [0.4, 0.5) is 4.79 Å². The second-order valence-corrected chi connectivity index (χ2v) is 13.4. The number of ether oxygens (including phenoxy) is 1. The first-order chi connectivity index (χ1) is 20.9. The average Bonchev–Trinajstić information content (AvgIpc) is 3.74. The van der Waals surface area contributed by atoms with Crippen molar-refractivity contribution in [3.8, 4) is 23.2 Å². The highest BCUT2D eigenvalue weighted by atomic mass is 79.9. The second-order valence-electron chi connectivity index (χ2n) is 11.3. The molecule has 1 aromatic carbocycles. The second kappa shape index (κ2) is 12.7. The Morgan fingerprint density at radius 3 is 2.41 bits per heavy atom. The first-order valence-electron chi connectivity index (χ1n) is 13.6. The lowest BCUT2D eigenvalue weighted by atomic mass is 9.92. The van der Waals surface area contributed by atoms with Gasteiger partial charge in [-0.3, -0.25) is 4.79 Å². The van der Waals surface area contributed by atoms with Gasteiger partial charge in [0.1, 0.15) is 28.8 Å². The molecule has 0 bridgehead atoms. The van der Waals surface area contributed by atoms with Gasteiger partial charge in [-0.15, -0.1) is 21.5 Å². The van der Waals surface area contributed by atoms with E-state index in [1.54, 1.807) is 51.8 Å². The van der Waals surface area contributed by atoms with Crippen LogP contribution in [0.5, 0.6) is 0 Å². The van der Waals surface area contributed by atoms with E-state index in [1.807, 2.05) is 35.7 Å². The normalized spacial score (nSPS) is 12.9. The van der Waals surface area contributed by atoms with Gasteiger partial charge in [0.15, 0.2) is 3.92 Å². The smallest absolute Gasteiger partial charge is 0.408 e. The van der Waals surface area contributed by atoms with E-state index in [9.17, 15) is 9.59 Å². The molecule has 0 aliphatic heterocycles. The van der Waals surface area contributed by atoms with Crippen molar-refractivity contribution in [1.29, 1.82) is 0 Å². The molecule has 0 fully saturated rings. The van der Waals surface area contributed by atoms with Crippen LogP contribution in [0.25, 0.3) is 23.2 Å². The summed E-state index contributed by atoms with van der Waals surface area (Å²) in [6.07, 6.45) is 2.60. The quantitative estimate of drug-likeness (QED) is 0.189. The van der Waals surface area contributed by atoms with Crippen molar-refractivity contribution in [2.24, 2.45) is 0 Å². The molecule has 5 rings (SSSR count). The Balaban J connectivity index is 1.50. The Labute approximate surface area is 266 Å². The summed E-state index contributed by atoms with van der Waals surface area (Å²) in [5, 5.41) is 13.3. The van der Waals surface area contributed by atoms with E-state index in [0.717, 1.165) is 15.2 Å². The number of benzene rings is 1. The number of alkyl carbamates (subject to hydrolysis) is 1. The summed E-state index contributed by atoms with van der Waals surface area (Å²) in [5.41, 5.74) is 0.656. The van der Waals surface area contributed by atoms with E-state index >= 15 is 0 Å².